The smallest absolute Gasteiger partial charge is 0.254 e. The second kappa shape index (κ2) is 6.60. The fourth-order valence-corrected chi connectivity index (χ4v) is 2.01. The van der Waals surface area contributed by atoms with Gasteiger partial charge in [-0.3, -0.25) is 4.79 Å². The van der Waals surface area contributed by atoms with Gasteiger partial charge in [0.2, 0.25) is 0 Å². The molecular formula is C12H18FN5O2. The van der Waals surface area contributed by atoms with Gasteiger partial charge in [0.1, 0.15) is 0 Å². The lowest BCUT2D eigenvalue weighted by molar-refractivity contribution is -0.0175. The van der Waals surface area contributed by atoms with Crippen molar-refractivity contribution in [2.75, 3.05) is 38.7 Å². The molecule has 1 fully saturated rings. The summed E-state index contributed by atoms with van der Waals surface area (Å²) in [5.41, 5.74) is 2.00. The molecule has 0 radical (unpaired) electrons. The van der Waals surface area contributed by atoms with Gasteiger partial charge in [-0.15, -0.1) is 0 Å². The largest absolute Gasteiger partial charge is 0.374 e. The van der Waals surface area contributed by atoms with Crippen molar-refractivity contribution in [3.63, 3.8) is 0 Å². The highest BCUT2D eigenvalue weighted by Gasteiger charge is 2.20. The molecule has 2 rings (SSSR count). The van der Waals surface area contributed by atoms with Crippen LogP contribution in [0.5, 0.6) is 0 Å². The van der Waals surface area contributed by atoms with Crippen molar-refractivity contribution in [1.29, 1.82) is 0 Å². The predicted molar refractivity (Wildman–Crippen MR) is 71.6 cm³/mol. The lowest BCUT2D eigenvalue weighted by Gasteiger charge is -2.30. The van der Waals surface area contributed by atoms with Crippen molar-refractivity contribution in [2.45, 2.75) is 6.10 Å². The maximum atomic E-state index is 13.8. The van der Waals surface area contributed by atoms with Gasteiger partial charge in [-0.1, -0.05) is 0 Å². The molecule has 2 heterocycles. The number of likely N-dealkylation sites (N-methyl/N-ethyl adjacent to an activating group) is 1. The lowest BCUT2D eigenvalue weighted by atomic mass is 10.2. The van der Waals surface area contributed by atoms with Gasteiger partial charge in [0.05, 0.1) is 18.3 Å². The van der Waals surface area contributed by atoms with Crippen molar-refractivity contribution in [3.8, 4) is 0 Å². The topological polar surface area (TPSA) is 92.5 Å². The number of rotatable bonds is 4. The number of nitrogen functional groups attached to an aromatic ring is 1. The summed E-state index contributed by atoms with van der Waals surface area (Å²) in [6, 6.07) is 1.30. The molecule has 8 heteroatoms. The average molecular weight is 283 g/mol. The van der Waals surface area contributed by atoms with E-state index in [-0.39, 0.29) is 17.5 Å². The monoisotopic (exact) mass is 283 g/mol. The van der Waals surface area contributed by atoms with E-state index in [0.29, 0.717) is 13.2 Å². The molecule has 0 aliphatic carbocycles. The number of pyridine rings is 1. The van der Waals surface area contributed by atoms with Gasteiger partial charge in [-0.05, 0) is 13.1 Å². The normalized spacial score (nSPS) is 19.6. The molecular weight excluding hydrogens is 265 g/mol. The van der Waals surface area contributed by atoms with Crippen LogP contribution in [-0.4, -0.2) is 55.2 Å². The highest BCUT2D eigenvalue weighted by Crippen LogP contribution is 2.13. The maximum Gasteiger partial charge on any atom is 0.254 e. The molecule has 1 saturated heterocycles. The minimum atomic E-state index is -0.769. The van der Waals surface area contributed by atoms with Crippen LogP contribution in [0.25, 0.3) is 0 Å². The molecule has 1 aromatic heterocycles. The number of morpholine rings is 1. The third-order valence-corrected chi connectivity index (χ3v) is 3.10. The van der Waals surface area contributed by atoms with Crippen LogP contribution in [0.3, 0.4) is 0 Å². The number of hydrazine groups is 1. The zero-order valence-electron chi connectivity index (χ0n) is 11.2. The first-order valence-electron chi connectivity index (χ1n) is 6.31. The van der Waals surface area contributed by atoms with Crippen LogP contribution >= 0.6 is 0 Å². The van der Waals surface area contributed by atoms with E-state index in [1.165, 1.54) is 12.3 Å². The third kappa shape index (κ3) is 3.41. The van der Waals surface area contributed by atoms with Crippen molar-refractivity contribution < 1.29 is 13.9 Å². The fourth-order valence-electron chi connectivity index (χ4n) is 2.01. The molecule has 1 unspecified atom stereocenters. The number of nitrogens with zero attached hydrogens (tertiary/aromatic N) is 2. The van der Waals surface area contributed by atoms with Crippen molar-refractivity contribution in [3.05, 3.63) is 23.6 Å². The molecule has 7 nitrogen and oxygen atoms in total. The summed E-state index contributed by atoms with van der Waals surface area (Å²) in [5.74, 6) is 3.67. The first-order chi connectivity index (χ1) is 9.61. The summed E-state index contributed by atoms with van der Waals surface area (Å²) in [7, 11) is 1.99. The van der Waals surface area contributed by atoms with Crippen LogP contribution in [0.1, 0.15) is 10.4 Å². The van der Waals surface area contributed by atoms with E-state index < -0.39 is 11.7 Å². The minimum Gasteiger partial charge on any atom is -0.374 e. The van der Waals surface area contributed by atoms with E-state index in [9.17, 15) is 9.18 Å². The van der Waals surface area contributed by atoms with Gasteiger partial charge in [0.15, 0.2) is 11.6 Å². The number of amides is 1. The Bertz CT molecular complexity index is 485. The highest BCUT2D eigenvalue weighted by atomic mass is 19.1. The van der Waals surface area contributed by atoms with Crippen molar-refractivity contribution in [2.24, 2.45) is 5.84 Å². The summed E-state index contributed by atoms with van der Waals surface area (Å²) < 4.78 is 19.4. The summed E-state index contributed by atoms with van der Waals surface area (Å²) in [5, 5.41) is 2.65. The lowest BCUT2D eigenvalue weighted by Crippen LogP contribution is -2.46. The minimum absolute atomic E-state index is 0.0882. The average Bonchev–Trinajstić information content (AvgIpc) is 2.45. The molecule has 20 heavy (non-hydrogen) atoms. The van der Waals surface area contributed by atoms with Crippen LogP contribution in [-0.2, 0) is 4.74 Å². The van der Waals surface area contributed by atoms with Gasteiger partial charge in [-0.2, -0.15) is 0 Å². The number of hydrogen-bond acceptors (Lipinski definition) is 6. The van der Waals surface area contributed by atoms with Gasteiger partial charge >= 0.3 is 0 Å². The summed E-state index contributed by atoms with van der Waals surface area (Å²) in [4.78, 5) is 17.7. The quantitative estimate of drug-likeness (QED) is 0.513. The Kier molecular flexibility index (Phi) is 4.83. The highest BCUT2D eigenvalue weighted by molar-refractivity contribution is 5.95. The second-order valence-corrected chi connectivity index (χ2v) is 4.63. The molecule has 1 atom stereocenters. The van der Waals surface area contributed by atoms with Crippen LogP contribution < -0.4 is 16.6 Å². The van der Waals surface area contributed by atoms with Crippen molar-refractivity contribution >= 4 is 11.7 Å². The zero-order valence-corrected chi connectivity index (χ0v) is 11.2. The third-order valence-electron chi connectivity index (χ3n) is 3.10. The molecule has 0 bridgehead atoms. The number of carbonyl (C=O) groups excluding carboxylic acids is 1. The van der Waals surface area contributed by atoms with Crippen LogP contribution in [0, 0.1) is 5.82 Å². The number of anilines is 1. The van der Waals surface area contributed by atoms with Crippen LogP contribution in [0.2, 0.25) is 0 Å². The number of carbonyl (C=O) groups is 1. The Balaban J connectivity index is 1.95. The van der Waals surface area contributed by atoms with Gasteiger partial charge in [0.25, 0.3) is 5.91 Å². The van der Waals surface area contributed by atoms with E-state index >= 15 is 0 Å². The molecule has 0 saturated carbocycles. The zero-order chi connectivity index (χ0) is 14.5. The molecule has 1 amide bonds. The molecule has 4 N–H and O–H groups in total. The van der Waals surface area contributed by atoms with Gasteiger partial charge in [0, 0.05) is 25.8 Å². The number of ether oxygens (including phenoxy) is 1. The summed E-state index contributed by atoms with van der Waals surface area (Å²) >= 11 is 0. The van der Waals surface area contributed by atoms with E-state index in [1.54, 1.807) is 0 Å². The standard InChI is InChI=1S/C12H18FN5O2/c1-18-4-5-20-8(7-18)6-16-12(19)9-2-3-15-11(17-14)10(9)13/h2-3,8H,4-7,14H2,1H3,(H,15,17)(H,16,19). The van der Waals surface area contributed by atoms with Crippen molar-refractivity contribution in [1.82, 2.24) is 15.2 Å². The van der Waals surface area contributed by atoms with Crippen LogP contribution in [0.4, 0.5) is 10.2 Å². The molecule has 110 valence electrons. The summed E-state index contributed by atoms with van der Waals surface area (Å²) in [6.07, 6.45) is 1.23. The Morgan fingerprint density at radius 1 is 1.70 bits per heavy atom. The SMILES string of the molecule is CN1CCOC(CNC(=O)c2ccnc(NN)c2F)C1. The van der Waals surface area contributed by atoms with Crippen LogP contribution in [0.15, 0.2) is 12.3 Å². The fraction of sp³-hybridized carbons (Fsp3) is 0.500. The predicted octanol–water partition coefficient (Wildman–Crippen LogP) is -0.433. The number of nitrogens with one attached hydrogen (secondary N) is 2. The Morgan fingerprint density at radius 2 is 2.50 bits per heavy atom. The number of halogens is 1. The Hall–Kier alpha value is -1.77. The molecule has 0 aromatic carbocycles. The van der Waals surface area contributed by atoms with E-state index in [2.05, 4.69) is 20.6 Å². The Labute approximate surface area is 116 Å². The summed E-state index contributed by atoms with van der Waals surface area (Å²) in [6.45, 7) is 2.56. The maximum absolute atomic E-state index is 13.8. The van der Waals surface area contributed by atoms with E-state index in [4.69, 9.17) is 10.6 Å². The van der Waals surface area contributed by atoms with E-state index in [1.807, 2.05) is 7.05 Å². The Morgan fingerprint density at radius 3 is 3.20 bits per heavy atom. The second-order valence-electron chi connectivity index (χ2n) is 4.63. The number of hydrogen-bond donors (Lipinski definition) is 3. The number of nitrogens with two attached hydrogens (primary N) is 1. The first kappa shape index (κ1) is 14.6. The number of aromatic nitrogens is 1. The van der Waals surface area contributed by atoms with Gasteiger partial charge < -0.3 is 20.4 Å². The molecule has 1 aliphatic heterocycles. The van der Waals surface area contributed by atoms with E-state index in [0.717, 1.165) is 13.1 Å². The molecule has 0 spiro atoms. The van der Waals surface area contributed by atoms with Gasteiger partial charge in [-0.25, -0.2) is 15.2 Å². The molecule has 1 aliphatic rings. The molecule has 1 aromatic rings. The first-order valence-corrected chi connectivity index (χ1v) is 6.31.